The molecule has 0 atom stereocenters. The molecule has 76 valence electrons. The van der Waals surface area contributed by atoms with E-state index in [0.29, 0.717) is 0 Å². The standard InChI is InChI=1S/C11H14O3/c1-8-5-10-9(3-4-13-10)11(6-8)14-7-12-2/h5-6H,3-4,7H2,1-2H3. The Morgan fingerprint density at radius 2 is 2.29 bits per heavy atom. The molecule has 1 aromatic carbocycles. The van der Waals surface area contributed by atoms with Gasteiger partial charge in [0.25, 0.3) is 0 Å². The van der Waals surface area contributed by atoms with Gasteiger partial charge in [-0.2, -0.15) is 0 Å². The van der Waals surface area contributed by atoms with Gasteiger partial charge in [0.05, 0.1) is 6.61 Å². The van der Waals surface area contributed by atoms with Crippen LogP contribution >= 0.6 is 0 Å². The topological polar surface area (TPSA) is 27.7 Å². The fourth-order valence-electron chi connectivity index (χ4n) is 1.64. The van der Waals surface area contributed by atoms with Crippen LogP contribution < -0.4 is 9.47 Å². The quantitative estimate of drug-likeness (QED) is 0.688. The summed E-state index contributed by atoms with van der Waals surface area (Å²) in [6.07, 6.45) is 0.925. The molecule has 0 saturated carbocycles. The van der Waals surface area contributed by atoms with Crippen LogP contribution in [0.4, 0.5) is 0 Å². The minimum absolute atomic E-state index is 0.288. The second-order valence-corrected chi connectivity index (χ2v) is 3.39. The number of aryl methyl sites for hydroxylation is 1. The molecule has 2 rings (SSSR count). The van der Waals surface area contributed by atoms with Gasteiger partial charge in [0.1, 0.15) is 11.5 Å². The summed E-state index contributed by atoms with van der Waals surface area (Å²) in [4.78, 5) is 0. The Balaban J connectivity index is 2.29. The maximum Gasteiger partial charge on any atom is 0.188 e. The van der Waals surface area contributed by atoms with E-state index in [1.54, 1.807) is 7.11 Å². The van der Waals surface area contributed by atoms with E-state index in [9.17, 15) is 0 Å². The van der Waals surface area contributed by atoms with Crippen molar-refractivity contribution < 1.29 is 14.2 Å². The summed E-state index contributed by atoms with van der Waals surface area (Å²) in [6.45, 7) is 3.07. The molecule has 0 aromatic heterocycles. The van der Waals surface area contributed by atoms with Crippen molar-refractivity contribution in [3.8, 4) is 11.5 Å². The first-order valence-electron chi connectivity index (χ1n) is 4.69. The number of rotatable bonds is 3. The van der Waals surface area contributed by atoms with Crippen molar-refractivity contribution in [2.24, 2.45) is 0 Å². The number of hydrogen-bond acceptors (Lipinski definition) is 3. The van der Waals surface area contributed by atoms with Gasteiger partial charge in [-0.05, 0) is 24.6 Å². The number of benzene rings is 1. The Hall–Kier alpha value is -1.22. The maximum atomic E-state index is 5.48. The van der Waals surface area contributed by atoms with Crippen LogP contribution in [0.5, 0.6) is 11.5 Å². The Kier molecular flexibility index (Phi) is 2.59. The van der Waals surface area contributed by atoms with Crippen LogP contribution in [-0.2, 0) is 11.2 Å². The predicted octanol–water partition coefficient (Wildman–Crippen LogP) is 1.91. The molecule has 0 aliphatic carbocycles. The second kappa shape index (κ2) is 3.88. The Bertz CT molecular complexity index is 334. The molecule has 0 spiro atoms. The van der Waals surface area contributed by atoms with E-state index in [-0.39, 0.29) is 6.79 Å². The van der Waals surface area contributed by atoms with Gasteiger partial charge in [0.15, 0.2) is 6.79 Å². The Labute approximate surface area is 83.6 Å². The average molecular weight is 194 g/mol. The SMILES string of the molecule is COCOc1cc(C)cc2c1CCO2. The molecule has 3 nitrogen and oxygen atoms in total. The smallest absolute Gasteiger partial charge is 0.188 e. The van der Waals surface area contributed by atoms with Gasteiger partial charge in [-0.15, -0.1) is 0 Å². The van der Waals surface area contributed by atoms with Crippen molar-refractivity contribution in [1.82, 2.24) is 0 Å². The van der Waals surface area contributed by atoms with Crippen molar-refractivity contribution >= 4 is 0 Å². The minimum Gasteiger partial charge on any atom is -0.493 e. The van der Waals surface area contributed by atoms with E-state index in [1.807, 2.05) is 19.1 Å². The molecule has 0 fully saturated rings. The first kappa shape index (κ1) is 9.34. The van der Waals surface area contributed by atoms with Crippen LogP contribution in [0.1, 0.15) is 11.1 Å². The van der Waals surface area contributed by atoms with Gasteiger partial charge in [0.2, 0.25) is 0 Å². The molecule has 0 saturated heterocycles. The van der Waals surface area contributed by atoms with E-state index < -0.39 is 0 Å². The molecule has 0 N–H and O–H groups in total. The normalized spacial score (nSPS) is 13.6. The fourth-order valence-corrected chi connectivity index (χ4v) is 1.64. The number of fused-ring (bicyclic) bond motifs is 1. The molecule has 0 bridgehead atoms. The van der Waals surface area contributed by atoms with Gasteiger partial charge >= 0.3 is 0 Å². The van der Waals surface area contributed by atoms with E-state index in [0.717, 1.165) is 35.7 Å². The van der Waals surface area contributed by atoms with Gasteiger partial charge in [-0.3, -0.25) is 0 Å². The molecule has 3 heteroatoms. The van der Waals surface area contributed by atoms with Crippen LogP contribution in [0.3, 0.4) is 0 Å². The largest absolute Gasteiger partial charge is 0.493 e. The molecular weight excluding hydrogens is 180 g/mol. The average Bonchev–Trinajstić information content (AvgIpc) is 2.61. The second-order valence-electron chi connectivity index (χ2n) is 3.39. The first-order valence-corrected chi connectivity index (χ1v) is 4.69. The summed E-state index contributed by atoms with van der Waals surface area (Å²) in [7, 11) is 1.62. The molecular formula is C11H14O3. The lowest BCUT2D eigenvalue weighted by Gasteiger charge is -2.09. The van der Waals surface area contributed by atoms with E-state index in [2.05, 4.69) is 0 Å². The van der Waals surface area contributed by atoms with Crippen LogP contribution in [0.2, 0.25) is 0 Å². The summed E-state index contributed by atoms with van der Waals surface area (Å²) in [5.74, 6) is 1.84. The molecule has 0 radical (unpaired) electrons. The van der Waals surface area contributed by atoms with Crippen LogP contribution in [-0.4, -0.2) is 20.5 Å². The first-order chi connectivity index (χ1) is 6.81. The maximum absolute atomic E-state index is 5.48. The molecule has 0 amide bonds. The predicted molar refractivity (Wildman–Crippen MR) is 52.9 cm³/mol. The van der Waals surface area contributed by atoms with Gasteiger partial charge < -0.3 is 14.2 Å². The fraction of sp³-hybridized carbons (Fsp3) is 0.455. The highest BCUT2D eigenvalue weighted by Gasteiger charge is 2.17. The van der Waals surface area contributed by atoms with E-state index in [4.69, 9.17) is 14.2 Å². The highest BCUT2D eigenvalue weighted by atomic mass is 16.7. The van der Waals surface area contributed by atoms with Gasteiger partial charge in [-0.1, -0.05) is 0 Å². The Morgan fingerprint density at radius 1 is 1.43 bits per heavy atom. The monoisotopic (exact) mass is 194 g/mol. The third-order valence-corrected chi connectivity index (χ3v) is 2.25. The summed E-state index contributed by atoms with van der Waals surface area (Å²) >= 11 is 0. The van der Waals surface area contributed by atoms with E-state index in [1.165, 1.54) is 0 Å². The zero-order valence-electron chi connectivity index (χ0n) is 8.50. The van der Waals surface area contributed by atoms with Crippen molar-refractivity contribution in [3.05, 3.63) is 23.3 Å². The molecule has 1 heterocycles. The number of ether oxygens (including phenoxy) is 3. The molecule has 14 heavy (non-hydrogen) atoms. The number of hydrogen-bond donors (Lipinski definition) is 0. The zero-order valence-corrected chi connectivity index (χ0v) is 8.50. The highest BCUT2D eigenvalue weighted by molar-refractivity contribution is 5.49. The third-order valence-electron chi connectivity index (χ3n) is 2.25. The van der Waals surface area contributed by atoms with E-state index >= 15 is 0 Å². The van der Waals surface area contributed by atoms with Crippen molar-refractivity contribution in [2.75, 3.05) is 20.5 Å². The molecule has 1 aliphatic heterocycles. The minimum atomic E-state index is 0.288. The van der Waals surface area contributed by atoms with Crippen molar-refractivity contribution in [2.45, 2.75) is 13.3 Å². The van der Waals surface area contributed by atoms with Gasteiger partial charge in [0, 0.05) is 19.1 Å². The highest BCUT2D eigenvalue weighted by Crippen LogP contribution is 2.34. The van der Waals surface area contributed by atoms with Crippen molar-refractivity contribution in [3.63, 3.8) is 0 Å². The summed E-state index contributed by atoms with van der Waals surface area (Å²) in [5, 5.41) is 0. The third kappa shape index (κ3) is 1.68. The van der Waals surface area contributed by atoms with Crippen LogP contribution in [0.25, 0.3) is 0 Å². The molecule has 1 aromatic rings. The number of methoxy groups -OCH3 is 1. The van der Waals surface area contributed by atoms with Crippen LogP contribution in [0.15, 0.2) is 12.1 Å². The van der Waals surface area contributed by atoms with Crippen molar-refractivity contribution in [1.29, 1.82) is 0 Å². The Morgan fingerprint density at radius 3 is 3.07 bits per heavy atom. The summed E-state index contributed by atoms with van der Waals surface area (Å²) in [6, 6.07) is 4.06. The molecule has 1 aliphatic rings. The lowest BCUT2D eigenvalue weighted by Crippen LogP contribution is -2.01. The summed E-state index contributed by atoms with van der Waals surface area (Å²) in [5.41, 5.74) is 2.31. The zero-order chi connectivity index (χ0) is 9.97. The lowest BCUT2D eigenvalue weighted by molar-refractivity contribution is 0.0505. The van der Waals surface area contributed by atoms with Crippen LogP contribution in [0, 0.1) is 6.92 Å². The summed E-state index contributed by atoms with van der Waals surface area (Å²) < 4.78 is 15.8. The molecule has 0 unspecified atom stereocenters. The van der Waals surface area contributed by atoms with Gasteiger partial charge in [-0.25, -0.2) is 0 Å². The lowest BCUT2D eigenvalue weighted by atomic mass is 10.1.